The van der Waals surface area contributed by atoms with Crippen molar-refractivity contribution in [1.82, 2.24) is 4.72 Å². The van der Waals surface area contributed by atoms with Crippen molar-refractivity contribution in [3.63, 3.8) is 0 Å². The first-order chi connectivity index (χ1) is 8.15. The largest absolute Gasteiger partial charge is 0.301 e. The van der Waals surface area contributed by atoms with Crippen LogP contribution in [0.3, 0.4) is 0 Å². The number of hydrogen-bond donors (Lipinski definition) is 1. The van der Waals surface area contributed by atoms with Gasteiger partial charge in [0.05, 0.1) is 5.69 Å². The Morgan fingerprint density at radius 3 is 2.94 bits per heavy atom. The van der Waals surface area contributed by atoms with Crippen LogP contribution in [0.4, 0.5) is 5.69 Å². The number of nitrogens with zero attached hydrogens (tertiary/aromatic N) is 1. The van der Waals surface area contributed by atoms with Crippen molar-refractivity contribution in [2.75, 3.05) is 17.4 Å². The van der Waals surface area contributed by atoms with Crippen molar-refractivity contribution >= 4 is 15.9 Å². The van der Waals surface area contributed by atoms with Gasteiger partial charge in [0.15, 0.2) is 0 Å². The zero-order valence-electron chi connectivity index (χ0n) is 9.59. The average Bonchev–Trinajstić information content (AvgIpc) is 2.36. The second-order valence-corrected chi connectivity index (χ2v) is 5.63. The molecule has 1 aromatic carbocycles. The highest BCUT2D eigenvalue weighted by atomic mass is 32.2. The summed E-state index contributed by atoms with van der Waals surface area (Å²) in [6, 6.07) is 7.62. The summed E-state index contributed by atoms with van der Waals surface area (Å²) in [6.07, 6.45) is 3.32. The molecule has 1 aliphatic rings. The highest BCUT2D eigenvalue weighted by Crippen LogP contribution is 2.28. The molecule has 0 radical (unpaired) electrons. The minimum atomic E-state index is -3.45. The van der Waals surface area contributed by atoms with Crippen LogP contribution in [0.2, 0.25) is 0 Å². The molecule has 0 bridgehead atoms. The Morgan fingerprint density at radius 1 is 1.41 bits per heavy atom. The highest BCUT2D eigenvalue weighted by Gasteiger charge is 2.26. The van der Waals surface area contributed by atoms with Gasteiger partial charge < -0.3 is 0 Å². The van der Waals surface area contributed by atoms with Crippen LogP contribution in [-0.2, 0) is 16.6 Å². The molecule has 4 nitrogen and oxygen atoms in total. The fourth-order valence-electron chi connectivity index (χ4n) is 1.99. The standard InChI is InChI=1S/C12H16N2O2S/c1-2-9-13-17(15,16)14-10-5-7-11-6-3-4-8-12(11)14/h2-4,6,8,13H,1,5,7,9-10H2. The van der Waals surface area contributed by atoms with Crippen molar-refractivity contribution in [2.45, 2.75) is 12.8 Å². The second-order valence-electron chi connectivity index (χ2n) is 3.95. The first-order valence-corrected chi connectivity index (χ1v) is 7.05. The molecule has 0 spiro atoms. The summed E-state index contributed by atoms with van der Waals surface area (Å²) in [5.41, 5.74) is 1.87. The van der Waals surface area contributed by atoms with E-state index in [4.69, 9.17) is 0 Å². The molecule has 0 aliphatic carbocycles. The van der Waals surface area contributed by atoms with E-state index < -0.39 is 10.2 Å². The van der Waals surface area contributed by atoms with E-state index in [9.17, 15) is 8.42 Å². The molecule has 0 fully saturated rings. The van der Waals surface area contributed by atoms with Crippen molar-refractivity contribution < 1.29 is 8.42 Å². The predicted molar refractivity (Wildman–Crippen MR) is 69.2 cm³/mol. The molecule has 0 amide bonds. The Labute approximate surface area is 102 Å². The summed E-state index contributed by atoms with van der Waals surface area (Å²) in [5, 5.41) is 0. The smallest absolute Gasteiger partial charge is 0.258 e. The molecule has 2 rings (SSSR count). The Hall–Kier alpha value is -1.33. The van der Waals surface area contributed by atoms with Crippen LogP contribution >= 0.6 is 0 Å². The monoisotopic (exact) mass is 252 g/mol. The summed E-state index contributed by atoms with van der Waals surface area (Å²) in [5.74, 6) is 0. The van der Waals surface area contributed by atoms with Gasteiger partial charge in [-0.3, -0.25) is 4.31 Å². The topological polar surface area (TPSA) is 49.4 Å². The van der Waals surface area contributed by atoms with Crippen LogP contribution in [0, 0.1) is 0 Å². The lowest BCUT2D eigenvalue weighted by Gasteiger charge is -2.30. The number of hydrogen-bond acceptors (Lipinski definition) is 2. The van der Waals surface area contributed by atoms with E-state index in [0.717, 1.165) is 24.1 Å². The molecular weight excluding hydrogens is 236 g/mol. The highest BCUT2D eigenvalue weighted by molar-refractivity contribution is 7.90. The SMILES string of the molecule is C=CCNS(=O)(=O)N1CCCc2ccccc21. The van der Waals surface area contributed by atoms with Crippen molar-refractivity contribution in [3.05, 3.63) is 42.5 Å². The number of anilines is 1. The molecule has 92 valence electrons. The fraction of sp³-hybridized carbons (Fsp3) is 0.333. The van der Waals surface area contributed by atoms with Gasteiger partial charge >= 0.3 is 10.2 Å². The van der Waals surface area contributed by atoms with Crippen LogP contribution in [0.5, 0.6) is 0 Å². The third kappa shape index (κ3) is 2.50. The van der Waals surface area contributed by atoms with Crippen molar-refractivity contribution in [1.29, 1.82) is 0 Å². The fourth-order valence-corrected chi connectivity index (χ4v) is 3.28. The second kappa shape index (κ2) is 4.89. The van der Waals surface area contributed by atoms with Gasteiger partial charge in [-0.1, -0.05) is 24.3 Å². The molecule has 1 N–H and O–H groups in total. The van der Waals surface area contributed by atoms with E-state index in [1.54, 1.807) is 0 Å². The average molecular weight is 252 g/mol. The number of para-hydroxylation sites is 1. The number of benzene rings is 1. The molecule has 0 unspecified atom stereocenters. The van der Waals surface area contributed by atoms with Gasteiger partial charge in [0.25, 0.3) is 0 Å². The van der Waals surface area contributed by atoms with E-state index in [1.807, 2.05) is 24.3 Å². The molecule has 1 aromatic rings. The van der Waals surface area contributed by atoms with E-state index in [2.05, 4.69) is 11.3 Å². The van der Waals surface area contributed by atoms with Gasteiger partial charge in [-0.25, -0.2) is 0 Å². The minimum Gasteiger partial charge on any atom is -0.258 e. The normalized spacial score (nSPS) is 15.4. The van der Waals surface area contributed by atoms with Crippen molar-refractivity contribution in [2.24, 2.45) is 0 Å². The van der Waals surface area contributed by atoms with Gasteiger partial charge in [0.1, 0.15) is 0 Å². The summed E-state index contributed by atoms with van der Waals surface area (Å²) in [7, 11) is -3.45. The minimum absolute atomic E-state index is 0.251. The molecule has 1 heterocycles. The molecule has 1 aliphatic heterocycles. The van der Waals surface area contributed by atoms with E-state index >= 15 is 0 Å². The molecule has 5 heteroatoms. The van der Waals surface area contributed by atoms with Gasteiger partial charge in [-0.2, -0.15) is 13.1 Å². The lowest BCUT2D eigenvalue weighted by Crippen LogP contribution is -2.43. The van der Waals surface area contributed by atoms with Crippen LogP contribution in [0.1, 0.15) is 12.0 Å². The van der Waals surface area contributed by atoms with Crippen LogP contribution in [0.15, 0.2) is 36.9 Å². The Morgan fingerprint density at radius 2 is 2.18 bits per heavy atom. The Bertz CT molecular complexity index is 511. The van der Waals surface area contributed by atoms with Crippen molar-refractivity contribution in [3.8, 4) is 0 Å². The zero-order valence-corrected chi connectivity index (χ0v) is 10.4. The van der Waals surface area contributed by atoms with Crippen LogP contribution in [-0.4, -0.2) is 21.5 Å². The van der Waals surface area contributed by atoms with Gasteiger partial charge in [-0.15, -0.1) is 6.58 Å². The summed E-state index contributed by atoms with van der Waals surface area (Å²) in [6.45, 7) is 4.29. The third-order valence-electron chi connectivity index (χ3n) is 2.77. The van der Waals surface area contributed by atoms with Gasteiger partial charge in [-0.05, 0) is 24.5 Å². The maximum atomic E-state index is 12.1. The number of aryl methyl sites for hydroxylation is 1. The third-order valence-corrected chi connectivity index (χ3v) is 4.26. The molecule has 0 aromatic heterocycles. The molecule has 17 heavy (non-hydrogen) atoms. The van der Waals surface area contributed by atoms with Gasteiger partial charge in [0, 0.05) is 13.1 Å². The maximum Gasteiger partial charge on any atom is 0.301 e. The predicted octanol–water partition coefficient (Wildman–Crippen LogP) is 1.46. The van der Waals surface area contributed by atoms with Crippen LogP contribution < -0.4 is 9.03 Å². The lowest BCUT2D eigenvalue weighted by molar-refractivity contribution is 0.576. The molecule has 0 saturated carbocycles. The number of rotatable bonds is 4. The van der Waals surface area contributed by atoms with E-state index in [0.29, 0.717) is 6.54 Å². The van der Waals surface area contributed by atoms with Gasteiger partial charge in [0.2, 0.25) is 0 Å². The Kier molecular flexibility index (Phi) is 3.49. The zero-order chi connectivity index (χ0) is 12.3. The summed E-state index contributed by atoms with van der Waals surface area (Å²) < 4.78 is 28.1. The summed E-state index contributed by atoms with van der Waals surface area (Å²) in [4.78, 5) is 0. The van der Waals surface area contributed by atoms with Crippen LogP contribution in [0.25, 0.3) is 0 Å². The number of nitrogens with one attached hydrogen (secondary N) is 1. The Balaban J connectivity index is 2.32. The maximum absolute atomic E-state index is 12.1. The molecular formula is C12H16N2O2S. The lowest BCUT2D eigenvalue weighted by atomic mass is 10.0. The quantitative estimate of drug-likeness (QED) is 0.825. The molecule has 0 atom stereocenters. The molecule has 0 saturated heterocycles. The van der Waals surface area contributed by atoms with E-state index in [-0.39, 0.29) is 6.54 Å². The number of fused-ring (bicyclic) bond motifs is 1. The van der Waals surface area contributed by atoms with E-state index in [1.165, 1.54) is 10.4 Å². The first-order valence-electron chi connectivity index (χ1n) is 5.61. The first kappa shape index (κ1) is 12.1. The summed E-state index contributed by atoms with van der Waals surface area (Å²) >= 11 is 0.